The van der Waals surface area contributed by atoms with Crippen LogP contribution < -0.4 is 15.0 Å². The highest BCUT2D eigenvalue weighted by Gasteiger charge is 2.38. The summed E-state index contributed by atoms with van der Waals surface area (Å²) in [4.78, 5) is 28.7. The number of carbonyl (C=O) groups is 1. The van der Waals surface area contributed by atoms with Crippen LogP contribution in [0.1, 0.15) is 35.4 Å². The van der Waals surface area contributed by atoms with Gasteiger partial charge in [-0.15, -0.1) is 0 Å². The molecule has 2 aromatic rings. The molecule has 1 aromatic carbocycles. The molecule has 4 aliphatic rings. The van der Waals surface area contributed by atoms with Gasteiger partial charge in [-0.2, -0.15) is 23.5 Å². The standard InChI is InChI=1S/C27H36N6O2S2/c1-18-11-19(20-13-33(14-20)21-3-5-32(15-21)24(34)4-8-36-2)12-23-25(18)35-16-22-26(30-23)28-17-29-27(22)31-6-9-37-10-7-31/h11-12,17,20-21H,3-10,13-16H2,1-2H3,(H,28,29,30). The largest absolute Gasteiger partial charge is 0.486 e. The monoisotopic (exact) mass is 540 g/mol. The molecular weight excluding hydrogens is 504 g/mol. The minimum Gasteiger partial charge on any atom is -0.486 e. The maximum Gasteiger partial charge on any atom is 0.223 e. The van der Waals surface area contributed by atoms with Gasteiger partial charge < -0.3 is 19.9 Å². The Morgan fingerprint density at radius 3 is 2.84 bits per heavy atom. The highest BCUT2D eigenvalue weighted by atomic mass is 32.2. The van der Waals surface area contributed by atoms with Crippen molar-refractivity contribution in [1.29, 1.82) is 0 Å². The van der Waals surface area contributed by atoms with Crippen LogP contribution in [0.15, 0.2) is 18.5 Å². The molecule has 0 aliphatic carbocycles. The molecule has 8 nitrogen and oxygen atoms in total. The topological polar surface area (TPSA) is 73.8 Å². The van der Waals surface area contributed by atoms with Crippen LogP contribution >= 0.6 is 23.5 Å². The minimum absolute atomic E-state index is 0.313. The zero-order valence-corrected chi connectivity index (χ0v) is 23.4. The summed E-state index contributed by atoms with van der Waals surface area (Å²) in [7, 11) is 0. The van der Waals surface area contributed by atoms with E-state index >= 15 is 0 Å². The number of hydrogen-bond donors (Lipinski definition) is 1. The second kappa shape index (κ2) is 10.9. The number of benzene rings is 1. The van der Waals surface area contributed by atoms with E-state index in [1.54, 1.807) is 18.1 Å². The Bertz CT molecular complexity index is 1150. The van der Waals surface area contributed by atoms with Crippen molar-refractivity contribution < 1.29 is 9.53 Å². The zero-order valence-electron chi connectivity index (χ0n) is 21.7. The molecule has 1 N–H and O–H groups in total. The molecule has 0 bridgehead atoms. The fraction of sp³-hybridized carbons (Fsp3) is 0.593. The van der Waals surface area contributed by atoms with Gasteiger partial charge in [0.2, 0.25) is 5.91 Å². The summed E-state index contributed by atoms with van der Waals surface area (Å²) in [5.41, 5.74) is 4.54. The van der Waals surface area contributed by atoms with Crippen LogP contribution in [0.5, 0.6) is 5.75 Å². The Kier molecular flexibility index (Phi) is 7.40. The van der Waals surface area contributed by atoms with Gasteiger partial charge in [0.05, 0.1) is 11.3 Å². The molecule has 3 saturated heterocycles. The van der Waals surface area contributed by atoms with Gasteiger partial charge in [0, 0.05) is 74.9 Å². The van der Waals surface area contributed by atoms with Gasteiger partial charge in [-0.05, 0) is 36.8 Å². The number of aryl methyl sites for hydroxylation is 1. The summed E-state index contributed by atoms with van der Waals surface area (Å²) in [5.74, 6) is 6.74. The van der Waals surface area contributed by atoms with E-state index < -0.39 is 0 Å². The normalized spacial score (nSPS) is 21.9. The van der Waals surface area contributed by atoms with Gasteiger partial charge in [0.15, 0.2) is 0 Å². The molecule has 1 atom stereocenters. The lowest BCUT2D eigenvalue weighted by Gasteiger charge is -2.43. The first-order chi connectivity index (χ1) is 18.1. The van der Waals surface area contributed by atoms with Gasteiger partial charge in [-0.3, -0.25) is 9.69 Å². The Morgan fingerprint density at radius 2 is 2.03 bits per heavy atom. The van der Waals surface area contributed by atoms with Crippen molar-refractivity contribution >= 4 is 46.8 Å². The summed E-state index contributed by atoms with van der Waals surface area (Å²) in [6.45, 7) is 8.50. The predicted octanol–water partition coefficient (Wildman–Crippen LogP) is 3.73. The second-order valence-electron chi connectivity index (χ2n) is 10.4. The molecule has 6 rings (SSSR count). The number of carbonyl (C=O) groups excluding carboxylic acids is 1. The maximum absolute atomic E-state index is 12.4. The molecule has 198 valence electrons. The lowest BCUT2D eigenvalue weighted by atomic mass is 9.88. The van der Waals surface area contributed by atoms with Crippen molar-refractivity contribution in [3.63, 3.8) is 0 Å². The summed E-state index contributed by atoms with van der Waals surface area (Å²) >= 11 is 3.74. The van der Waals surface area contributed by atoms with E-state index in [4.69, 9.17) is 4.74 Å². The number of aromatic nitrogens is 2. The third kappa shape index (κ3) is 5.12. The van der Waals surface area contributed by atoms with Crippen LogP contribution in [0.3, 0.4) is 0 Å². The van der Waals surface area contributed by atoms with Crippen LogP contribution in [0, 0.1) is 6.92 Å². The van der Waals surface area contributed by atoms with Crippen LogP contribution in [0.2, 0.25) is 0 Å². The number of rotatable bonds is 6. The smallest absolute Gasteiger partial charge is 0.223 e. The van der Waals surface area contributed by atoms with Crippen molar-refractivity contribution in [3.8, 4) is 5.75 Å². The van der Waals surface area contributed by atoms with E-state index in [-0.39, 0.29) is 0 Å². The molecule has 1 amide bonds. The Hall–Kier alpha value is -2.17. The lowest BCUT2D eigenvalue weighted by Crippen LogP contribution is -2.51. The molecule has 0 radical (unpaired) electrons. The SMILES string of the molecule is CSCCC(=O)N1CCC(N2CC(c3cc(C)c4c(c3)Nc3ncnc(N5CCSCC5)c3CO4)C2)C1. The van der Waals surface area contributed by atoms with Gasteiger partial charge in [0.25, 0.3) is 0 Å². The van der Waals surface area contributed by atoms with E-state index in [9.17, 15) is 4.79 Å². The molecule has 1 aromatic heterocycles. The Labute approximate surface area is 227 Å². The third-order valence-corrected chi connectivity index (χ3v) is 9.63. The first-order valence-corrected chi connectivity index (χ1v) is 15.9. The first kappa shape index (κ1) is 25.1. The molecule has 3 fully saturated rings. The minimum atomic E-state index is 0.313. The Morgan fingerprint density at radius 1 is 1.19 bits per heavy atom. The van der Waals surface area contributed by atoms with Gasteiger partial charge in [-0.1, -0.05) is 6.07 Å². The van der Waals surface area contributed by atoms with E-state index in [1.165, 1.54) is 5.56 Å². The second-order valence-corrected chi connectivity index (χ2v) is 12.6. The van der Waals surface area contributed by atoms with Crippen LogP contribution in [0.4, 0.5) is 17.3 Å². The number of thioether (sulfide) groups is 2. The van der Waals surface area contributed by atoms with Crippen LogP contribution in [-0.4, -0.2) is 94.5 Å². The van der Waals surface area contributed by atoms with E-state index in [2.05, 4.69) is 55.3 Å². The Balaban J connectivity index is 1.13. The average molecular weight is 541 g/mol. The fourth-order valence-corrected chi connectivity index (χ4v) is 7.20. The van der Waals surface area contributed by atoms with Crippen molar-refractivity contribution in [2.24, 2.45) is 0 Å². The summed E-state index contributed by atoms with van der Waals surface area (Å²) in [5, 5.41) is 3.60. The first-order valence-electron chi connectivity index (χ1n) is 13.3. The number of nitrogens with one attached hydrogen (secondary N) is 1. The molecule has 1 unspecified atom stereocenters. The number of anilines is 3. The summed E-state index contributed by atoms with van der Waals surface area (Å²) in [6, 6.07) is 5.04. The summed E-state index contributed by atoms with van der Waals surface area (Å²) in [6.07, 6.45) is 5.48. The quantitative estimate of drug-likeness (QED) is 0.590. The zero-order chi connectivity index (χ0) is 25.4. The number of hydrogen-bond acceptors (Lipinski definition) is 9. The number of ether oxygens (including phenoxy) is 1. The average Bonchev–Trinajstić information content (AvgIpc) is 3.28. The van der Waals surface area contributed by atoms with Crippen molar-refractivity contribution in [2.75, 3.05) is 73.0 Å². The summed E-state index contributed by atoms with van der Waals surface area (Å²) < 4.78 is 6.36. The van der Waals surface area contributed by atoms with E-state index in [0.29, 0.717) is 30.9 Å². The number of nitrogens with zero attached hydrogens (tertiary/aromatic N) is 5. The molecule has 37 heavy (non-hydrogen) atoms. The van der Waals surface area contributed by atoms with Crippen molar-refractivity contribution in [2.45, 2.75) is 38.3 Å². The number of fused-ring (bicyclic) bond motifs is 2. The fourth-order valence-electron chi connectivity index (χ4n) is 5.92. The van der Waals surface area contributed by atoms with Gasteiger partial charge >= 0.3 is 0 Å². The van der Waals surface area contributed by atoms with Crippen LogP contribution in [-0.2, 0) is 11.4 Å². The third-order valence-electron chi connectivity index (χ3n) is 8.08. The molecular formula is C27H36N6O2S2. The van der Waals surface area contributed by atoms with E-state index in [0.717, 1.165) is 97.1 Å². The van der Waals surface area contributed by atoms with Gasteiger partial charge in [-0.25, -0.2) is 9.97 Å². The molecule has 4 aliphatic heterocycles. The van der Waals surface area contributed by atoms with Crippen LogP contribution in [0.25, 0.3) is 0 Å². The van der Waals surface area contributed by atoms with Crippen molar-refractivity contribution in [3.05, 3.63) is 35.2 Å². The maximum atomic E-state index is 12.4. The van der Waals surface area contributed by atoms with Crippen molar-refractivity contribution in [1.82, 2.24) is 19.8 Å². The predicted molar refractivity (Wildman–Crippen MR) is 153 cm³/mol. The lowest BCUT2D eigenvalue weighted by molar-refractivity contribution is -0.129. The number of amides is 1. The molecule has 5 heterocycles. The molecule has 0 saturated carbocycles. The highest BCUT2D eigenvalue weighted by molar-refractivity contribution is 7.99. The molecule has 0 spiro atoms. The highest BCUT2D eigenvalue weighted by Crippen LogP contribution is 2.42. The van der Waals surface area contributed by atoms with E-state index in [1.807, 2.05) is 11.8 Å². The molecule has 10 heteroatoms. The number of likely N-dealkylation sites (tertiary alicyclic amines) is 2. The van der Waals surface area contributed by atoms with Gasteiger partial charge in [0.1, 0.15) is 30.3 Å².